The topological polar surface area (TPSA) is 28.2 Å². The lowest BCUT2D eigenvalue weighted by Gasteiger charge is -2.17. The van der Waals surface area contributed by atoms with Crippen molar-refractivity contribution >= 4 is 0 Å². The Morgan fingerprint density at radius 1 is 1.33 bits per heavy atom. The van der Waals surface area contributed by atoms with Crippen LogP contribution in [0.5, 0.6) is 0 Å². The highest BCUT2D eigenvalue weighted by molar-refractivity contribution is 5.07. The van der Waals surface area contributed by atoms with Crippen molar-refractivity contribution < 1.29 is 0 Å². The van der Waals surface area contributed by atoms with Crippen LogP contribution >= 0.6 is 0 Å². The van der Waals surface area contributed by atoms with Gasteiger partial charge in [-0.3, -0.25) is 4.98 Å². The Morgan fingerprint density at radius 2 is 2.13 bits per heavy atom. The molecule has 0 fully saturated rings. The smallest absolute Gasteiger partial charge is 0.0312 e. The molecular weight excluding hydrogens is 186 g/mol. The molecule has 1 aromatic heterocycles. The van der Waals surface area contributed by atoms with Crippen molar-refractivity contribution in [2.75, 3.05) is 26.2 Å². The van der Waals surface area contributed by atoms with E-state index in [-0.39, 0.29) is 0 Å². The maximum atomic E-state index is 4.08. The van der Waals surface area contributed by atoms with Crippen molar-refractivity contribution in [2.45, 2.75) is 20.4 Å². The Morgan fingerprint density at radius 3 is 2.73 bits per heavy atom. The molecule has 0 radical (unpaired) electrons. The highest BCUT2D eigenvalue weighted by Crippen LogP contribution is 1.94. The molecular formula is C12H21N3. The van der Waals surface area contributed by atoms with Gasteiger partial charge in [0.1, 0.15) is 0 Å². The third kappa shape index (κ3) is 4.91. The van der Waals surface area contributed by atoms with Gasteiger partial charge in [0, 0.05) is 32.0 Å². The van der Waals surface area contributed by atoms with Gasteiger partial charge in [0.25, 0.3) is 0 Å². The van der Waals surface area contributed by atoms with Gasteiger partial charge in [-0.25, -0.2) is 0 Å². The Kier molecular flexibility index (Phi) is 5.97. The molecule has 0 aliphatic carbocycles. The summed E-state index contributed by atoms with van der Waals surface area (Å²) < 4.78 is 0. The Labute approximate surface area is 92.5 Å². The maximum Gasteiger partial charge on any atom is 0.0312 e. The normalized spacial score (nSPS) is 10.9. The second kappa shape index (κ2) is 7.37. The number of likely N-dealkylation sites (N-methyl/N-ethyl adjacent to an activating group) is 1. The largest absolute Gasteiger partial charge is 0.311 e. The molecule has 1 heterocycles. The number of aromatic nitrogens is 1. The summed E-state index contributed by atoms with van der Waals surface area (Å²) in [7, 11) is 0. The highest BCUT2D eigenvalue weighted by atomic mass is 15.1. The minimum absolute atomic E-state index is 0.912. The summed E-state index contributed by atoms with van der Waals surface area (Å²) in [6.45, 7) is 9.73. The Balaban J connectivity index is 2.12. The van der Waals surface area contributed by atoms with Gasteiger partial charge in [-0.15, -0.1) is 0 Å². The third-order valence-corrected chi connectivity index (χ3v) is 2.55. The average molecular weight is 207 g/mol. The zero-order valence-electron chi connectivity index (χ0n) is 9.74. The first-order valence-corrected chi connectivity index (χ1v) is 5.68. The fourth-order valence-corrected chi connectivity index (χ4v) is 1.51. The predicted molar refractivity (Wildman–Crippen MR) is 63.7 cm³/mol. The summed E-state index contributed by atoms with van der Waals surface area (Å²) in [6.07, 6.45) is 3.71. The number of nitrogens with one attached hydrogen (secondary N) is 1. The Bertz CT molecular complexity index is 244. The molecule has 15 heavy (non-hydrogen) atoms. The molecule has 0 aliphatic heterocycles. The molecule has 0 spiro atoms. The van der Waals surface area contributed by atoms with Gasteiger partial charge in [0.2, 0.25) is 0 Å². The van der Waals surface area contributed by atoms with Crippen LogP contribution in [0.2, 0.25) is 0 Å². The number of pyridine rings is 1. The quantitative estimate of drug-likeness (QED) is 0.687. The van der Waals surface area contributed by atoms with Crippen LogP contribution in [0, 0.1) is 0 Å². The lowest BCUT2D eigenvalue weighted by Crippen LogP contribution is -2.31. The Hall–Kier alpha value is -0.930. The van der Waals surface area contributed by atoms with E-state index in [1.807, 2.05) is 12.3 Å². The van der Waals surface area contributed by atoms with Crippen LogP contribution in [-0.2, 0) is 6.54 Å². The van der Waals surface area contributed by atoms with Crippen LogP contribution in [-0.4, -0.2) is 36.1 Å². The molecule has 0 aliphatic rings. The number of hydrogen-bond acceptors (Lipinski definition) is 3. The lowest BCUT2D eigenvalue weighted by atomic mass is 10.3. The van der Waals surface area contributed by atoms with Crippen molar-refractivity contribution in [3.8, 4) is 0 Å². The third-order valence-electron chi connectivity index (χ3n) is 2.55. The van der Waals surface area contributed by atoms with Gasteiger partial charge in [-0.1, -0.05) is 19.9 Å². The van der Waals surface area contributed by atoms with E-state index in [2.05, 4.69) is 35.1 Å². The van der Waals surface area contributed by atoms with Gasteiger partial charge in [-0.2, -0.15) is 0 Å². The van der Waals surface area contributed by atoms with Crippen molar-refractivity contribution in [1.29, 1.82) is 0 Å². The van der Waals surface area contributed by atoms with Crippen molar-refractivity contribution in [1.82, 2.24) is 15.2 Å². The first kappa shape index (κ1) is 12.1. The molecule has 0 amide bonds. The van der Waals surface area contributed by atoms with Crippen molar-refractivity contribution in [3.63, 3.8) is 0 Å². The monoisotopic (exact) mass is 207 g/mol. The lowest BCUT2D eigenvalue weighted by molar-refractivity contribution is 0.302. The maximum absolute atomic E-state index is 4.08. The fraction of sp³-hybridized carbons (Fsp3) is 0.583. The summed E-state index contributed by atoms with van der Waals surface area (Å²) in [4.78, 5) is 6.49. The standard InChI is InChI=1S/C12H21N3/c1-3-15(4-2)9-8-14-11-12-6-5-7-13-10-12/h5-7,10,14H,3-4,8-9,11H2,1-2H3. The van der Waals surface area contributed by atoms with Crippen molar-refractivity contribution in [3.05, 3.63) is 30.1 Å². The second-order valence-corrected chi connectivity index (χ2v) is 3.56. The van der Waals surface area contributed by atoms with Crippen LogP contribution in [0.3, 0.4) is 0 Å². The molecule has 0 saturated heterocycles. The summed E-state index contributed by atoms with van der Waals surface area (Å²) in [6, 6.07) is 4.07. The van der Waals surface area contributed by atoms with Crippen molar-refractivity contribution in [2.24, 2.45) is 0 Å². The highest BCUT2D eigenvalue weighted by Gasteiger charge is 1.97. The minimum atomic E-state index is 0.912. The average Bonchev–Trinajstić information content (AvgIpc) is 2.31. The predicted octanol–water partition coefficient (Wildman–Crippen LogP) is 1.51. The van der Waals surface area contributed by atoms with E-state index in [1.165, 1.54) is 5.56 Å². The molecule has 1 rings (SSSR count). The molecule has 0 aromatic carbocycles. The molecule has 0 bridgehead atoms. The van der Waals surface area contributed by atoms with Gasteiger partial charge in [-0.05, 0) is 24.7 Å². The van der Waals surface area contributed by atoms with Gasteiger partial charge in [0.05, 0.1) is 0 Å². The molecule has 3 nitrogen and oxygen atoms in total. The zero-order chi connectivity index (χ0) is 10.9. The minimum Gasteiger partial charge on any atom is -0.311 e. The summed E-state index contributed by atoms with van der Waals surface area (Å²) in [5.41, 5.74) is 1.25. The van der Waals surface area contributed by atoms with Crippen LogP contribution in [0.15, 0.2) is 24.5 Å². The van der Waals surface area contributed by atoms with E-state index in [1.54, 1.807) is 6.20 Å². The van der Waals surface area contributed by atoms with Crippen LogP contribution in [0.4, 0.5) is 0 Å². The van der Waals surface area contributed by atoms with Gasteiger partial charge in [0.15, 0.2) is 0 Å². The van der Waals surface area contributed by atoms with E-state index in [0.717, 1.165) is 32.7 Å². The molecule has 1 N–H and O–H groups in total. The summed E-state index contributed by atoms with van der Waals surface area (Å²) in [5, 5.41) is 3.42. The van der Waals surface area contributed by atoms with E-state index in [0.29, 0.717) is 0 Å². The number of nitrogens with zero attached hydrogens (tertiary/aromatic N) is 2. The summed E-state index contributed by atoms with van der Waals surface area (Å²) in [5.74, 6) is 0. The summed E-state index contributed by atoms with van der Waals surface area (Å²) >= 11 is 0. The SMILES string of the molecule is CCN(CC)CCNCc1cccnc1. The molecule has 0 unspecified atom stereocenters. The van der Waals surface area contributed by atoms with Crippen LogP contribution in [0.1, 0.15) is 19.4 Å². The molecule has 0 saturated carbocycles. The van der Waals surface area contributed by atoms with E-state index in [4.69, 9.17) is 0 Å². The molecule has 3 heteroatoms. The second-order valence-electron chi connectivity index (χ2n) is 3.56. The van der Waals surface area contributed by atoms with Gasteiger partial charge >= 0.3 is 0 Å². The fourth-order valence-electron chi connectivity index (χ4n) is 1.51. The van der Waals surface area contributed by atoms with E-state index >= 15 is 0 Å². The van der Waals surface area contributed by atoms with Crippen LogP contribution < -0.4 is 5.32 Å². The van der Waals surface area contributed by atoms with E-state index < -0.39 is 0 Å². The zero-order valence-corrected chi connectivity index (χ0v) is 9.74. The molecule has 84 valence electrons. The molecule has 0 atom stereocenters. The first-order valence-electron chi connectivity index (χ1n) is 5.68. The molecule has 1 aromatic rings. The van der Waals surface area contributed by atoms with E-state index in [9.17, 15) is 0 Å². The first-order chi connectivity index (χ1) is 7.36. The van der Waals surface area contributed by atoms with Crippen LogP contribution in [0.25, 0.3) is 0 Å². The van der Waals surface area contributed by atoms with Gasteiger partial charge < -0.3 is 10.2 Å². The number of hydrogen-bond donors (Lipinski definition) is 1. The number of rotatable bonds is 7.